The van der Waals surface area contributed by atoms with E-state index in [1.54, 1.807) is 11.3 Å². The molecule has 104 valence electrons. The minimum absolute atomic E-state index is 0.296. The maximum Gasteiger partial charge on any atom is 0.151 e. The number of aryl methyl sites for hydroxylation is 2. The van der Waals surface area contributed by atoms with E-state index in [2.05, 4.69) is 36.3 Å². The van der Waals surface area contributed by atoms with Gasteiger partial charge in [-0.05, 0) is 33.7 Å². The Bertz CT molecular complexity index is 559. The third-order valence-electron chi connectivity index (χ3n) is 3.37. The molecule has 2 aromatic heterocycles. The standard InChI is InChI=1S/C14H21N3OS/c1-6-11(15-7-2)13-16-17-14(19-13)12-8(3)9(4)18-10(12)5/h11,15H,6-7H2,1-5H3. The lowest BCUT2D eigenvalue weighted by Gasteiger charge is -2.10. The zero-order valence-electron chi connectivity index (χ0n) is 12.2. The Balaban J connectivity index is 2.35. The molecule has 0 aliphatic heterocycles. The van der Waals surface area contributed by atoms with Gasteiger partial charge in [0.05, 0.1) is 11.6 Å². The molecule has 0 bridgehead atoms. The predicted molar refractivity (Wildman–Crippen MR) is 78.5 cm³/mol. The summed E-state index contributed by atoms with van der Waals surface area (Å²) in [4.78, 5) is 0. The number of hydrogen-bond donors (Lipinski definition) is 1. The van der Waals surface area contributed by atoms with Crippen LogP contribution in [0.3, 0.4) is 0 Å². The number of nitrogens with zero attached hydrogens (tertiary/aromatic N) is 2. The minimum atomic E-state index is 0.296. The summed E-state index contributed by atoms with van der Waals surface area (Å²) < 4.78 is 5.67. The van der Waals surface area contributed by atoms with E-state index in [1.807, 2.05) is 13.8 Å². The number of nitrogens with one attached hydrogen (secondary N) is 1. The fraction of sp³-hybridized carbons (Fsp3) is 0.571. The molecule has 2 aromatic rings. The summed E-state index contributed by atoms with van der Waals surface area (Å²) in [6, 6.07) is 0.296. The van der Waals surface area contributed by atoms with Crippen molar-refractivity contribution in [3.8, 4) is 10.6 Å². The topological polar surface area (TPSA) is 51.0 Å². The van der Waals surface area contributed by atoms with E-state index in [9.17, 15) is 0 Å². The lowest BCUT2D eigenvalue weighted by Crippen LogP contribution is -2.19. The summed E-state index contributed by atoms with van der Waals surface area (Å²) in [6.07, 6.45) is 1.02. The van der Waals surface area contributed by atoms with Gasteiger partial charge < -0.3 is 9.73 Å². The van der Waals surface area contributed by atoms with Crippen LogP contribution in [0.5, 0.6) is 0 Å². The Labute approximate surface area is 118 Å². The molecule has 5 heteroatoms. The molecule has 19 heavy (non-hydrogen) atoms. The second-order valence-electron chi connectivity index (χ2n) is 4.68. The Morgan fingerprint density at radius 1 is 1.16 bits per heavy atom. The Morgan fingerprint density at radius 2 is 1.89 bits per heavy atom. The van der Waals surface area contributed by atoms with E-state index >= 15 is 0 Å². The average molecular weight is 279 g/mol. The smallest absolute Gasteiger partial charge is 0.151 e. The van der Waals surface area contributed by atoms with Crippen molar-refractivity contribution in [1.82, 2.24) is 15.5 Å². The van der Waals surface area contributed by atoms with Gasteiger partial charge in [-0.1, -0.05) is 25.2 Å². The molecule has 4 nitrogen and oxygen atoms in total. The first-order valence-electron chi connectivity index (χ1n) is 6.72. The van der Waals surface area contributed by atoms with Crippen LogP contribution in [0.4, 0.5) is 0 Å². The number of hydrogen-bond acceptors (Lipinski definition) is 5. The second-order valence-corrected chi connectivity index (χ2v) is 5.69. The van der Waals surface area contributed by atoms with Crippen molar-refractivity contribution in [2.24, 2.45) is 0 Å². The van der Waals surface area contributed by atoms with Crippen molar-refractivity contribution in [3.63, 3.8) is 0 Å². The Hall–Kier alpha value is -1.20. The summed E-state index contributed by atoms with van der Waals surface area (Å²) in [5, 5.41) is 14.1. The van der Waals surface area contributed by atoms with Gasteiger partial charge in [0.25, 0.3) is 0 Å². The number of rotatable bonds is 5. The summed E-state index contributed by atoms with van der Waals surface area (Å²) in [5.41, 5.74) is 2.27. The van der Waals surface area contributed by atoms with Crippen LogP contribution < -0.4 is 5.32 Å². The molecular formula is C14H21N3OS. The molecule has 2 rings (SSSR count). The molecule has 1 unspecified atom stereocenters. The lowest BCUT2D eigenvalue weighted by atomic mass is 10.1. The molecular weight excluding hydrogens is 258 g/mol. The first-order valence-corrected chi connectivity index (χ1v) is 7.53. The molecule has 0 saturated heterocycles. The fourth-order valence-corrected chi connectivity index (χ4v) is 3.39. The van der Waals surface area contributed by atoms with Crippen molar-refractivity contribution < 1.29 is 4.42 Å². The van der Waals surface area contributed by atoms with Crippen molar-refractivity contribution in [3.05, 3.63) is 22.1 Å². The highest BCUT2D eigenvalue weighted by molar-refractivity contribution is 7.14. The molecule has 0 spiro atoms. The van der Waals surface area contributed by atoms with E-state index in [0.29, 0.717) is 6.04 Å². The zero-order chi connectivity index (χ0) is 14.0. The zero-order valence-corrected chi connectivity index (χ0v) is 13.0. The van der Waals surface area contributed by atoms with Crippen LogP contribution in [0.25, 0.3) is 10.6 Å². The Morgan fingerprint density at radius 3 is 2.42 bits per heavy atom. The molecule has 1 atom stereocenters. The van der Waals surface area contributed by atoms with Gasteiger partial charge in [-0.15, -0.1) is 10.2 Å². The third kappa shape index (κ3) is 2.72. The predicted octanol–water partition coefficient (Wildman–Crippen LogP) is 3.78. The van der Waals surface area contributed by atoms with Crippen molar-refractivity contribution in [2.45, 2.75) is 47.1 Å². The van der Waals surface area contributed by atoms with Gasteiger partial charge in [0.2, 0.25) is 0 Å². The number of furan rings is 1. The van der Waals surface area contributed by atoms with Crippen molar-refractivity contribution in [1.29, 1.82) is 0 Å². The first-order chi connectivity index (χ1) is 9.08. The van der Waals surface area contributed by atoms with E-state index in [-0.39, 0.29) is 0 Å². The van der Waals surface area contributed by atoms with E-state index in [4.69, 9.17) is 4.42 Å². The SMILES string of the molecule is CCNC(CC)c1nnc(-c2c(C)oc(C)c2C)s1. The highest BCUT2D eigenvalue weighted by Crippen LogP contribution is 2.35. The van der Waals surface area contributed by atoms with Crippen LogP contribution >= 0.6 is 11.3 Å². The molecule has 0 aliphatic carbocycles. The third-order valence-corrected chi connectivity index (χ3v) is 4.43. The monoisotopic (exact) mass is 279 g/mol. The maximum absolute atomic E-state index is 5.67. The van der Waals surface area contributed by atoms with Gasteiger partial charge in [-0.3, -0.25) is 0 Å². The first kappa shape index (κ1) is 14.2. The molecule has 1 N–H and O–H groups in total. The second kappa shape index (κ2) is 5.84. The van der Waals surface area contributed by atoms with Gasteiger partial charge in [0, 0.05) is 5.56 Å². The maximum atomic E-state index is 5.67. The summed E-state index contributed by atoms with van der Waals surface area (Å²) in [5.74, 6) is 1.89. The van der Waals surface area contributed by atoms with Crippen LogP contribution in [0.1, 0.15) is 48.4 Å². The molecule has 0 saturated carbocycles. The van der Waals surface area contributed by atoms with Gasteiger partial charge >= 0.3 is 0 Å². The number of aromatic nitrogens is 2. The fourth-order valence-electron chi connectivity index (χ4n) is 2.24. The highest BCUT2D eigenvalue weighted by Gasteiger charge is 2.20. The van der Waals surface area contributed by atoms with Crippen LogP contribution in [-0.2, 0) is 0 Å². The largest absolute Gasteiger partial charge is 0.466 e. The minimum Gasteiger partial charge on any atom is -0.466 e. The van der Waals surface area contributed by atoms with Gasteiger partial charge in [-0.25, -0.2) is 0 Å². The quantitative estimate of drug-likeness (QED) is 0.905. The lowest BCUT2D eigenvalue weighted by molar-refractivity contribution is 0.503. The van der Waals surface area contributed by atoms with Crippen LogP contribution in [0.2, 0.25) is 0 Å². The van der Waals surface area contributed by atoms with Crippen molar-refractivity contribution >= 4 is 11.3 Å². The molecule has 0 amide bonds. The van der Waals surface area contributed by atoms with Crippen LogP contribution in [-0.4, -0.2) is 16.7 Å². The van der Waals surface area contributed by atoms with Gasteiger partial charge in [0.1, 0.15) is 16.5 Å². The van der Waals surface area contributed by atoms with Crippen molar-refractivity contribution in [2.75, 3.05) is 6.54 Å². The van der Waals surface area contributed by atoms with E-state index in [0.717, 1.165) is 45.6 Å². The summed E-state index contributed by atoms with van der Waals surface area (Å²) in [6.45, 7) is 11.3. The van der Waals surface area contributed by atoms with Gasteiger partial charge in [-0.2, -0.15) is 0 Å². The molecule has 0 aliphatic rings. The van der Waals surface area contributed by atoms with Crippen LogP contribution in [0.15, 0.2) is 4.42 Å². The van der Waals surface area contributed by atoms with Crippen LogP contribution in [0, 0.1) is 20.8 Å². The highest BCUT2D eigenvalue weighted by atomic mass is 32.1. The molecule has 2 heterocycles. The summed E-state index contributed by atoms with van der Waals surface area (Å²) >= 11 is 1.66. The summed E-state index contributed by atoms with van der Waals surface area (Å²) in [7, 11) is 0. The normalized spacial score (nSPS) is 12.9. The molecule has 0 radical (unpaired) electrons. The Kier molecular flexibility index (Phi) is 4.37. The van der Waals surface area contributed by atoms with E-state index in [1.165, 1.54) is 0 Å². The molecule has 0 aromatic carbocycles. The van der Waals surface area contributed by atoms with Gasteiger partial charge in [0.15, 0.2) is 5.01 Å². The molecule has 0 fully saturated rings. The average Bonchev–Trinajstić information content (AvgIpc) is 2.93. The van der Waals surface area contributed by atoms with E-state index < -0.39 is 0 Å².